The van der Waals surface area contributed by atoms with Crippen molar-refractivity contribution in [3.05, 3.63) is 69.0 Å². The van der Waals surface area contributed by atoms with Gasteiger partial charge in [-0.3, -0.25) is 14.9 Å². The van der Waals surface area contributed by atoms with E-state index >= 15 is 0 Å². The number of aryl methyl sites for hydroxylation is 1. The largest absolute Gasteiger partial charge is 0.494 e. The lowest BCUT2D eigenvalue weighted by Crippen LogP contribution is -2.30. The van der Waals surface area contributed by atoms with Crippen LogP contribution < -0.4 is 4.74 Å². The minimum absolute atomic E-state index is 0.0307. The SMILES string of the molecule is CCN(Cc1ccc(OC)c(F)c1)C(=O)c1ccc([N+](=O)[O-])c(C)c1. The Morgan fingerprint density at radius 2 is 2.00 bits per heavy atom. The van der Waals surface area contributed by atoms with Crippen LogP contribution in [0.15, 0.2) is 36.4 Å². The molecule has 0 fully saturated rings. The van der Waals surface area contributed by atoms with E-state index in [0.29, 0.717) is 23.2 Å². The average molecular weight is 346 g/mol. The Morgan fingerprint density at radius 3 is 2.52 bits per heavy atom. The predicted octanol–water partition coefficient (Wildman–Crippen LogP) is 3.71. The lowest BCUT2D eigenvalue weighted by atomic mass is 10.1. The summed E-state index contributed by atoms with van der Waals surface area (Å²) in [7, 11) is 1.39. The number of nitro groups is 1. The van der Waals surface area contributed by atoms with Crippen LogP contribution in [0.2, 0.25) is 0 Å². The number of benzene rings is 2. The molecule has 132 valence electrons. The minimum Gasteiger partial charge on any atom is -0.494 e. The molecule has 0 aliphatic heterocycles. The summed E-state index contributed by atoms with van der Waals surface area (Å²) in [5, 5.41) is 10.9. The Kier molecular flexibility index (Phi) is 5.69. The van der Waals surface area contributed by atoms with Crippen LogP contribution in [0.5, 0.6) is 5.75 Å². The first-order valence-electron chi connectivity index (χ1n) is 7.74. The van der Waals surface area contributed by atoms with Gasteiger partial charge in [-0.25, -0.2) is 4.39 Å². The first kappa shape index (κ1) is 18.4. The van der Waals surface area contributed by atoms with Gasteiger partial charge < -0.3 is 9.64 Å². The molecule has 0 bridgehead atoms. The topological polar surface area (TPSA) is 72.7 Å². The molecule has 0 atom stereocenters. The molecule has 0 saturated carbocycles. The molecule has 2 aromatic rings. The third-order valence-corrected chi connectivity index (χ3v) is 3.90. The standard InChI is InChI=1S/C18H19FN2O4/c1-4-20(11-13-5-8-17(25-3)15(19)10-13)18(22)14-6-7-16(21(23)24)12(2)9-14/h5-10H,4,11H2,1-3H3. The van der Waals surface area contributed by atoms with Crippen LogP contribution in [-0.2, 0) is 6.54 Å². The maximum atomic E-state index is 13.8. The van der Waals surface area contributed by atoms with Crippen molar-refractivity contribution in [3.63, 3.8) is 0 Å². The van der Waals surface area contributed by atoms with Crippen LogP contribution in [0.1, 0.15) is 28.4 Å². The Balaban J connectivity index is 2.22. The molecule has 6 nitrogen and oxygen atoms in total. The smallest absolute Gasteiger partial charge is 0.272 e. The van der Waals surface area contributed by atoms with Crippen LogP contribution in [0, 0.1) is 22.9 Å². The van der Waals surface area contributed by atoms with Crippen molar-refractivity contribution < 1.29 is 18.8 Å². The molecule has 25 heavy (non-hydrogen) atoms. The zero-order valence-electron chi connectivity index (χ0n) is 14.3. The summed E-state index contributed by atoms with van der Waals surface area (Å²) in [5.74, 6) is -0.615. The van der Waals surface area contributed by atoms with Crippen molar-refractivity contribution in [2.24, 2.45) is 0 Å². The fourth-order valence-electron chi connectivity index (χ4n) is 2.53. The lowest BCUT2D eigenvalue weighted by molar-refractivity contribution is -0.385. The summed E-state index contributed by atoms with van der Waals surface area (Å²) in [6.07, 6.45) is 0. The van der Waals surface area contributed by atoms with Gasteiger partial charge in [-0.05, 0) is 43.7 Å². The van der Waals surface area contributed by atoms with Crippen LogP contribution in [-0.4, -0.2) is 29.4 Å². The van der Waals surface area contributed by atoms with E-state index in [0.717, 1.165) is 0 Å². The average Bonchev–Trinajstić information content (AvgIpc) is 2.58. The van der Waals surface area contributed by atoms with E-state index < -0.39 is 10.7 Å². The van der Waals surface area contributed by atoms with Crippen LogP contribution >= 0.6 is 0 Å². The van der Waals surface area contributed by atoms with E-state index in [4.69, 9.17) is 4.74 Å². The third kappa shape index (κ3) is 4.12. The number of carbonyl (C=O) groups is 1. The summed E-state index contributed by atoms with van der Waals surface area (Å²) in [6.45, 7) is 4.05. The molecule has 0 radical (unpaired) electrons. The normalized spacial score (nSPS) is 10.4. The number of nitrogens with zero attached hydrogens (tertiary/aromatic N) is 2. The number of halogens is 1. The fraction of sp³-hybridized carbons (Fsp3) is 0.278. The second-order valence-corrected chi connectivity index (χ2v) is 5.55. The zero-order chi connectivity index (χ0) is 18.6. The summed E-state index contributed by atoms with van der Waals surface area (Å²) >= 11 is 0. The van der Waals surface area contributed by atoms with Crippen molar-refractivity contribution in [2.75, 3.05) is 13.7 Å². The van der Waals surface area contributed by atoms with Gasteiger partial charge in [-0.1, -0.05) is 6.07 Å². The van der Waals surface area contributed by atoms with Gasteiger partial charge >= 0.3 is 0 Å². The van der Waals surface area contributed by atoms with Crippen LogP contribution in [0.4, 0.5) is 10.1 Å². The second-order valence-electron chi connectivity index (χ2n) is 5.55. The molecular formula is C18H19FN2O4. The third-order valence-electron chi connectivity index (χ3n) is 3.90. The lowest BCUT2D eigenvalue weighted by Gasteiger charge is -2.21. The molecule has 2 aromatic carbocycles. The van der Waals surface area contributed by atoms with Gasteiger partial charge in [0.15, 0.2) is 11.6 Å². The number of nitro benzene ring substituents is 1. The van der Waals surface area contributed by atoms with Crippen molar-refractivity contribution in [3.8, 4) is 5.75 Å². The molecule has 7 heteroatoms. The maximum absolute atomic E-state index is 13.8. The first-order valence-corrected chi connectivity index (χ1v) is 7.74. The quantitative estimate of drug-likeness (QED) is 0.590. The van der Waals surface area contributed by atoms with Crippen molar-refractivity contribution in [1.29, 1.82) is 0 Å². The Bertz CT molecular complexity index is 808. The molecule has 1 amide bonds. The number of carbonyl (C=O) groups excluding carboxylic acids is 1. The molecule has 0 aromatic heterocycles. The van der Waals surface area contributed by atoms with Gasteiger partial charge in [0.25, 0.3) is 11.6 Å². The number of rotatable bonds is 6. The molecule has 0 unspecified atom stereocenters. The first-order chi connectivity index (χ1) is 11.9. The zero-order valence-corrected chi connectivity index (χ0v) is 14.3. The van der Waals surface area contributed by atoms with E-state index in [1.807, 2.05) is 6.92 Å². The monoisotopic (exact) mass is 346 g/mol. The van der Waals surface area contributed by atoms with Crippen molar-refractivity contribution in [1.82, 2.24) is 4.90 Å². The highest BCUT2D eigenvalue weighted by Gasteiger charge is 2.18. The molecule has 0 aliphatic rings. The summed E-state index contributed by atoms with van der Waals surface area (Å²) in [5.41, 5.74) is 1.38. The number of methoxy groups -OCH3 is 1. The van der Waals surface area contributed by atoms with Crippen LogP contribution in [0.3, 0.4) is 0 Å². The minimum atomic E-state index is -0.491. The van der Waals surface area contributed by atoms with E-state index in [9.17, 15) is 19.3 Å². The van der Waals surface area contributed by atoms with Gasteiger partial charge in [0, 0.05) is 30.3 Å². The molecule has 2 rings (SSSR count). The van der Waals surface area contributed by atoms with Crippen molar-refractivity contribution >= 4 is 11.6 Å². The highest BCUT2D eigenvalue weighted by molar-refractivity contribution is 5.94. The van der Waals surface area contributed by atoms with Gasteiger partial charge in [0.05, 0.1) is 12.0 Å². The fourth-order valence-corrected chi connectivity index (χ4v) is 2.53. The number of hydrogen-bond donors (Lipinski definition) is 0. The van der Waals surface area contributed by atoms with E-state index in [2.05, 4.69) is 0 Å². The van der Waals surface area contributed by atoms with E-state index in [1.165, 1.54) is 37.4 Å². The van der Waals surface area contributed by atoms with Gasteiger partial charge in [-0.15, -0.1) is 0 Å². The van der Waals surface area contributed by atoms with Crippen molar-refractivity contribution in [2.45, 2.75) is 20.4 Å². The van der Waals surface area contributed by atoms with Gasteiger partial charge in [0.2, 0.25) is 0 Å². The Hall–Kier alpha value is -2.96. The summed E-state index contributed by atoms with van der Waals surface area (Å²) in [6, 6.07) is 8.79. The molecular weight excluding hydrogens is 327 g/mol. The molecule has 0 N–H and O–H groups in total. The Morgan fingerprint density at radius 1 is 1.28 bits per heavy atom. The highest BCUT2D eigenvalue weighted by atomic mass is 19.1. The molecule has 0 spiro atoms. The molecule has 0 heterocycles. The molecule has 0 aliphatic carbocycles. The van der Waals surface area contributed by atoms with E-state index in [-0.39, 0.29) is 23.9 Å². The number of amides is 1. The highest BCUT2D eigenvalue weighted by Crippen LogP contribution is 2.22. The number of hydrogen-bond acceptors (Lipinski definition) is 4. The second kappa shape index (κ2) is 7.74. The van der Waals surface area contributed by atoms with Gasteiger partial charge in [0.1, 0.15) is 0 Å². The molecule has 0 saturated heterocycles. The maximum Gasteiger partial charge on any atom is 0.272 e. The van der Waals surface area contributed by atoms with Crippen LogP contribution in [0.25, 0.3) is 0 Å². The summed E-state index contributed by atoms with van der Waals surface area (Å²) in [4.78, 5) is 24.6. The number of ether oxygens (including phenoxy) is 1. The van der Waals surface area contributed by atoms with E-state index in [1.54, 1.807) is 17.9 Å². The summed E-state index contributed by atoms with van der Waals surface area (Å²) < 4.78 is 18.7. The predicted molar refractivity (Wildman–Crippen MR) is 91.2 cm³/mol. The Labute approximate surface area is 145 Å². The van der Waals surface area contributed by atoms with Gasteiger partial charge in [-0.2, -0.15) is 0 Å².